The van der Waals surface area contributed by atoms with E-state index in [1.54, 1.807) is 12.1 Å². The molecular formula is C9H5Br2N5O3. The van der Waals surface area contributed by atoms with E-state index in [1.165, 1.54) is 6.20 Å². The topological polar surface area (TPSA) is 114 Å². The summed E-state index contributed by atoms with van der Waals surface area (Å²) in [5.41, 5.74) is -0.114. The van der Waals surface area contributed by atoms with Crippen molar-refractivity contribution in [2.75, 3.05) is 5.32 Å². The first-order valence-electron chi connectivity index (χ1n) is 4.80. The number of nitrogens with one attached hydrogen (secondary N) is 2. The molecule has 0 spiro atoms. The Hall–Kier alpha value is -1.81. The number of carbonyl (C=O) groups excluding carboxylic acids is 1. The normalized spacial score (nSPS) is 10.2. The number of nitro groups is 1. The number of halogens is 2. The van der Waals surface area contributed by atoms with E-state index in [1.807, 2.05) is 0 Å². The van der Waals surface area contributed by atoms with Crippen molar-refractivity contribution >= 4 is 49.4 Å². The third kappa shape index (κ3) is 2.96. The average molecular weight is 391 g/mol. The number of hydrogen-bond acceptors (Lipinski definition) is 5. The molecule has 0 bridgehead atoms. The molecule has 0 fully saturated rings. The molecule has 98 valence electrons. The molecule has 8 nitrogen and oxygen atoms in total. The van der Waals surface area contributed by atoms with Gasteiger partial charge < -0.3 is 15.4 Å². The van der Waals surface area contributed by atoms with E-state index < -0.39 is 10.8 Å². The summed E-state index contributed by atoms with van der Waals surface area (Å²) in [5.74, 6) is -0.675. The van der Waals surface area contributed by atoms with Crippen LogP contribution in [0.25, 0.3) is 0 Å². The molecule has 0 radical (unpaired) electrons. The summed E-state index contributed by atoms with van der Waals surface area (Å²) in [6, 6.07) is 3.28. The maximum absolute atomic E-state index is 11.9. The van der Waals surface area contributed by atoms with Gasteiger partial charge >= 0.3 is 5.82 Å². The Morgan fingerprint density at radius 2 is 2.16 bits per heavy atom. The number of rotatable bonds is 3. The van der Waals surface area contributed by atoms with Gasteiger partial charge in [0.25, 0.3) is 5.91 Å². The lowest BCUT2D eigenvalue weighted by Gasteiger charge is -2.01. The Morgan fingerprint density at radius 3 is 2.68 bits per heavy atom. The number of anilines is 1. The van der Waals surface area contributed by atoms with Gasteiger partial charge in [0.05, 0.1) is 0 Å². The van der Waals surface area contributed by atoms with E-state index in [0.717, 1.165) is 4.47 Å². The van der Waals surface area contributed by atoms with Gasteiger partial charge in [0.2, 0.25) is 0 Å². The number of nitrogens with zero attached hydrogens (tertiary/aromatic N) is 3. The first kappa shape index (κ1) is 13.6. The number of hydrogen-bond donors (Lipinski definition) is 2. The predicted octanol–water partition coefficient (Wildman–Crippen LogP) is 2.49. The van der Waals surface area contributed by atoms with Crippen LogP contribution in [-0.2, 0) is 0 Å². The van der Waals surface area contributed by atoms with Gasteiger partial charge in [0, 0.05) is 10.7 Å². The third-order valence-corrected chi connectivity index (χ3v) is 3.28. The van der Waals surface area contributed by atoms with Crippen LogP contribution in [0.2, 0.25) is 0 Å². The molecule has 0 aliphatic rings. The lowest BCUT2D eigenvalue weighted by molar-refractivity contribution is -0.390. The lowest BCUT2D eigenvalue weighted by atomic mass is 10.4. The van der Waals surface area contributed by atoms with Crippen molar-refractivity contribution in [2.45, 2.75) is 0 Å². The Morgan fingerprint density at radius 1 is 1.42 bits per heavy atom. The standard InChI is InChI=1S/C9H5Br2N5O3/c10-4-1-2-5(12-3-4)13-9(17)7-6(11)8(15-14-7)16(18)19/h1-3H,(H,14,15)(H,12,13,17). The molecule has 0 aromatic carbocycles. The molecule has 0 aliphatic carbocycles. The summed E-state index contributed by atoms with van der Waals surface area (Å²) in [5, 5.41) is 18.8. The van der Waals surface area contributed by atoms with E-state index in [2.05, 4.69) is 52.4 Å². The first-order chi connectivity index (χ1) is 8.99. The Balaban J connectivity index is 2.21. The predicted molar refractivity (Wildman–Crippen MR) is 72.8 cm³/mol. The zero-order valence-electron chi connectivity index (χ0n) is 9.05. The fourth-order valence-corrected chi connectivity index (χ4v) is 1.95. The molecule has 19 heavy (non-hydrogen) atoms. The van der Waals surface area contributed by atoms with E-state index in [9.17, 15) is 14.9 Å². The van der Waals surface area contributed by atoms with Crippen LogP contribution in [0.4, 0.5) is 11.6 Å². The van der Waals surface area contributed by atoms with Crippen LogP contribution in [0.1, 0.15) is 10.5 Å². The Labute approximate surface area is 123 Å². The summed E-state index contributed by atoms with van der Waals surface area (Å²) in [6.45, 7) is 0. The largest absolute Gasteiger partial charge is 0.358 e. The SMILES string of the molecule is O=C(Nc1ccc(Br)cn1)c1n[nH]c([N+](=O)[O-])c1Br. The summed E-state index contributed by atoms with van der Waals surface area (Å²) in [6.07, 6.45) is 1.51. The van der Waals surface area contributed by atoms with Crippen LogP contribution >= 0.6 is 31.9 Å². The monoisotopic (exact) mass is 389 g/mol. The van der Waals surface area contributed by atoms with Crippen molar-refractivity contribution in [3.05, 3.63) is 43.1 Å². The maximum Gasteiger partial charge on any atom is 0.357 e. The highest BCUT2D eigenvalue weighted by atomic mass is 79.9. The molecule has 1 amide bonds. The maximum atomic E-state index is 11.9. The second-order valence-electron chi connectivity index (χ2n) is 3.31. The molecule has 0 saturated carbocycles. The molecule has 2 rings (SSSR count). The van der Waals surface area contributed by atoms with Gasteiger partial charge in [-0.2, -0.15) is 0 Å². The zero-order chi connectivity index (χ0) is 14.0. The summed E-state index contributed by atoms with van der Waals surface area (Å²) in [7, 11) is 0. The number of H-pyrrole nitrogens is 1. The molecule has 0 unspecified atom stereocenters. The zero-order valence-corrected chi connectivity index (χ0v) is 12.2. The van der Waals surface area contributed by atoms with E-state index >= 15 is 0 Å². The van der Waals surface area contributed by atoms with Gasteiger partial charge in [-0.3, -0.25) is 4.79 Å². The van der Waals surface area contributed by atoms with E-state index in [-0.39, 0.29) is 16.0 Å². The van der Waals surface area contributed by atoms with Gasteiger partial charge in [-0.05, 0) is 48.9 Å². The highest BCUT2D eigenvalue weighted by Crippen LogP contribution is 2.25. The molecule has 0 saturated heterocycles. The van der Waals surface area contributed by atoms with Gasteiger partial charge in [-0.1, -0.05) is 5.10 Å². The highest BCUT2D eigenvalue weighted by molar-refractivity contribution is 9.11. The van der Waals surface area contributed by atoms with Crippen LogP contribution in [0.5, 0.6) is 0 Å². The van der Waals surface area contributed by atoms with E-state index in [0.29, 0.717) is 5.82 Å². The third-order valence-electron chi connectivity index (χ3n) is 2.06. The molecule has 10 heteroatoms. The second kappa shape index (κ2) is 5.45. The van der Waals surface area contributed by atoms with Gasteiger partial charge in [-0.15, -0.1) is 5.10 Å². The van der Waals surface area contributed by atoms with Crippen molar-refractivity contribution in [2.24, 2.45) is 0 Å². The highest BCUT2D eigenvalue weighted by Gasteiger charge is 2.24. The van der Waals surface area contributed by atoms with Crippen LogP contribution in [-0.4, -0.2) is 26.0 Å². The van der Waals surface area contributed by atoms with Gasteiger partial charge in [0.1, 0.15) is 10.3 Å². The lowest BCUT2D eigenvalue weighted by Crippen LogP contribution is -2.13. The van der Waals surface area contributed by atoms with Crippen LogP contribution in [0, 0.1) is 10.1 Å². The number of pyridine rings is 1. The quantitative estimate of drug-likeness (QED) is 0.617. The number of aromatic nitrogens is 3. The minimum atomic E-state index is -0.675. The Kier molecular flexibility index (Phi) is 3.90. The van der Waals surface area contributed by atoms with Crippen LogP contribution in [0.15, 0.2) is 27.3 Å². The fourth-order valence-electron chi connectivity index (χ4n) is 1.22. The van der Waals surface area contributed by atoms with Crippen LogP contribution < -0.4 is 5.32 Å². The summed E-state index contributed by atoms with van der Waals surface area (Å²) >= 11 is 6.17. The molecule has 0 aliphatic heterocycles. The molecule has 2 aromatic rings. The molecular weight excluding hydrogens is 386 g/mol. The number of amides is 1. The number of carbonyl (C=O) groups is 1. The van der Waals surface area contributed by atoms with Gasteiger partial charge in [-0.25, -0.2) is 4.98 Å². The summed E-state index contributed by atoms with van der Waals surface area (Å²) < 4.78 is 0.759. The van der Waals surface area contributed by atoms with Crippen molar-refractivity contribution in [3.8, 4) is 0 Å². The average Bonchev–Trinajstić information content (AvgIpc) is 2.74. The molecule has 0 atom stereocenters. The molecule has 2 aromatic heterocycles. The second-order valence-corrected chi connectivity index (χ2v) is 5.02. The molecule has 2 N–H and O–H groups in total. The summed E-state index contributed by atoms with van der Waals surface area (Å²) in [4.78, 5) is 25.7. The van der Waals surface area contributed by atoms with Crippen molar-refractivity contribution in [1.82, 2.24) is 15.2 Å². The van der Waals surface area contributed by atoms with Crippen LogP contribution in [0.3, 0.4) is 0 Å². The smallest absolute Gasteiger partial charge is 0.357 e. The minimum absolute atomic E-state index is 0.00730. The molecule has 2 heterocycles. The minimum Gasteiger partial charge on any atom is -0.358 e. The Bertz CT molecular complexity index is 640. The van der Waals surface area contributed by atoms with Crippen molar-refractivity contribution < 1.29 is 9.72 Å². The number of aromatic amines is 1. The van der Waals surface area contributed by atoms with Crippen molar-refractivity contribution in [1.29, 1.82) is 0 Å². The fraction of sp³-hybridized carbons (Fsp3) is 0. The first-order valence-corrected chi connectivity index (χ1v) is 6.39. The van der Waals surface area contributed by atoms with Crippen molar-refractivity contribution in [3.63, 3.8) is 0 Å². The van der Waals surface area contributed by atoms with E-state index in [4.69, 9.17) is 0 Å². The van der Waals surface area contributed by atoms with Gasteiger partial charge in [0.15, 0.2) is 5.69 Å².